The molecule has 0 aliphatic rings. The Morgan fingerprint density at radius 2 is 2.28 bits per heavy atom. The van der Waals surface area contributed by atoms with Crippen LogP contribution in [0, 0.1) is 11.5 Å². The molecule has 0 aliphatic heterocycles. The summed E-state index contributed by atoms with van der Waals surface area (Å²) in [7, 11) is 0. The van der Waals surface area contributed by atoms with Crippen LogP contribution in [0.4, 0.5) is 0 Å². The third kappa shape index (κ3) is 5.89. The van der Waals surface area contributed by atoms with Crippen molar-refractivity contribution in [3.05, 3.63) is 18.7 Å². The fraction of sp³-hybridized carbons (Fsp3) is 0.583. The maximum Gasteiger partial charge on any atom is 0.205 e. The minimum absolute atomic E-state index is 0.118. The van der Waals surface area contributed by atoms with Crippen molar-refractivity contribution in [1.82, 2.24) is 20.2 Å². The fourth-order valence-corrected chi connectivity index (χ4v) is 1.38. The van der Waals surface area contributed by atoms with Gasteiger partial charge in [0.1, 0.15) is 0 Å². The zero-order chi connectivity index (χ0) is 13.4. The Morgan fingerprint density at radius 3 is 2.83 bits per heavy atom. The minimum atomic E-state index is -0.118. The topological polar surface area (TPSA) is 78.0 Å². The van der Waals surface area contributed by atoms with Crippen molar-refractivity contribution in [1.29, 1.82) is 5.26 Å². The number of guanidine groups is 1. The van der Waals surface area contributed by atoms with Gasteiger partial charge in [-0.05, 0) is 27.2 Å². The normalized spacial score (nSPS) is 12.0. The van der Waals surface area contributed by atoms with Gasteiger partial charge in [-0.1, -0.05) is 0 Å². The molecule has 0 amide bonds. The van der Waals surface area contributed by atoms with Crippen molar-refractivity contribution in [2.45, 2.75) is 39.3 Å². The van der Waals surface area contributed by atoms with Crippen molar-refractivity contribution in [2.24, 2.45) is 4.99 Å². The van der Waals surface area contributed by atoms with Gasteiger partial charge in [0, 0.05) is 31.0 Å². The summed E-state index contributed by atoms with van der Waals surface area (Å²) in [5, 5.41) is 14.4. The molecule has 0 saturated heterocycles. The lowest BCUT2D eigenvalue weighted by atomic mass is 10.1. The largest absolute Gasteiger partial charge is 0.351 e. The number of aliphatic imine (C=N–C) groups is 1. The van der Waals surface area contributed by atoms with Gasteiger partial charge in [-0.15, -0.1) is 0 Å². The number of aryl methyl sites for hydroxylation is 1. The molecule has 0 spiro atoms. The molecule has 0 atom stereocenters. The van der Waals surface area contributed by atoms with Crippen molar-refractivity contribution in [3.63, 3.8) is 0 Å². The Balaban J connectivity index is 2.38. The lowest BCUT2D eigenvalue weighted by molar-refractivity contribution is 0.504. The average Bonchev–Trinajstić information content (AvgIpc) is 2.75. The molecule has 1 aromatic heterocycles. The highest BCUT2D eigenvalue weighted by molar-refractivity contribution is 5.81. The summed E-state index contributed by atoms with van der Waals surface area (Å²) in [4.78, 5) is 8.31. The predicted molar refractivity (Wildman–Crippen MR) is 70.8 cm³/mol. The lowest BCUT2D eigenvalue weighted by Gasteiger charge is -2.22. The van der Waals surface area contributed by atoms with Gasteiger partial charge in [-0.2, -0.15) is 5.26 Å². The Hall–Kier alpha value is -2.03. The van der Waals surface area contributed by atoms with Gasteiger partial charge in [-0.25, -0.2) is 4.98 Å². The molecule has 2 N–H and O–H groups in total. The number of hydrogen-bond acceptors (Lipinski definition) is 3. The van der Waals surface area contributed by atoms with Crippen molar-refractivity contribution in [3.8, 4) is 6.19 Å². The summed E-state index contributed by atoms with van der Waals surface area (Å²) >= 11 is 0. The van der Waals surface area contributed by atoms with Crippen LogP contribution in [0.3, 0.4) is 0 Å². The summed E-state index contributed by atoms with van der Waals surface area (Å²) < 4.78 is 2.00. The molecule has 0 radical (unpaired) electrons. The van der Waals surface area contributed by atoms with Crippen LogP contribution < -0.4 is 10.6 Å². The van der Waals surface area contributed by atoms with E-state index in [-0.39, 0.29) is 5.54 Å². The molecule has 98 valence electrons. The number of nitriles is 1. The molecule has 0 saturated carbocycles. The highest BCUT2D eigenvalue weighted by Crippen LogP contribution is 1.98. The Kier molecular flexibility index (Phi) is 5.18. The first-order valence-corrected chi connectivity index (χ1v) is 5.95. The highest BCUT2D eigenvalue weighted by Gasteiger charge is 2.11. The Morgan fingerprint density at radius 1 is 1.50 bits per heavy atom. The number of nitrogens with zero attached hydrogens (tertiary/aromatic N) is 4. The molecular formula is C12H20N6. The molecule has 0 fully saturated rings. The van der Waals surface area contributed by atoms with Crippen LogP contribution in [-0.2, 0) is 6.54 Å². The number of aromatic nitrogens is 2. The van der Waals surface area contributed by atoms with Crippen molar-refractivity contribution >= 4 is 5.96 Å². The van der Waals surface area contributed by atoms with E-state index in [1.54, 1.807) is 12.5 Å². The van der Waals surface area contributed by atoms with E-state index in [2.05, 4.69) is 20.6 Å². The van der Waals surface area contributed by atoms with Crippen molar-refractivity contribution < 1.29 is 0 Å². The number of rotatable bonds is 4. The molecule has 0 unspecified atom stereocenters. The highest BCUT2D eigenvalue weighted by atomic mass is 15.2. The van der Waals surface area contributed by atoms with Crippen LogP contribution in [0.2, 0.25) is 0 Å². The van der Waals surface area contributed by atoms with E-state index < -0.39 is 0 Å². The minimum Gasteiger partial charge on any atom is -0.351 e. The van der Waals surface area contributed by atoms with Crippen LogP contribution >= 0.6 is 0 Å². The first-order valence-electron chi connectivity index (χ1n) is 5.95. The zero-order valence-electron chi connectivity index (χ0n) is 11.1. The van der Waals surface area contributed by atoms with Gasteiger partial charge in [0.05, 0.1) is 6.33 Å². The number of imidazole rings is 1. The zero-order valence-corrected chi connectivity index (χ0v) is 11.1. The van der Waals surface area contributed by atoms with E-state index in [0.717, 1.165) is 13.0 Å². The second-order valence-corrected chi connectivity index (χ2v) is 5.00. The fourth-order valence-electron chi connectivity index (χ4n) is 1.38. The van der Waals surface area contributed by atoms with E-state index in [0.29, 0.717) is 12.5 Å². The van der Waals surface area contributed by atoms with E-state index in [1.807, 2.05) is 37.7 Å². The van der Waals surface area contributed by atoms with Gasteiger partial charge in [0.15, 0.2) is 6.19 Å². The standard InChI is InChI=1S/C12H20N6/c1-12(2,3)17-11(16-9-13)15-5-4-7-18-8-6-14-10-18/h6,8,10H,4-5,7H2,1-3H3,(H2,15,16,17). The van der Waals surface area contributed by atoms with Gasteiger partial charge in [0.2, 0.25) is 5.96 Å². The summed E-state index contributed by atoms with van der Waals surface area (Å²) in [6.45, 7) is 7.59. The molecule has 1 heterocycles. The third-order valence-electron chi connectivity index (χ3n) is 2.07. The molecule has 18 heavy (non-hydrogen) atoms. The first-order chi connectivity index (χ1) is 8.51. The lowest BCUT2D eigenvalue weighted by Crippen LogP contribution is -2.46. The van der Waals surface area contributed by atoms with Crippen LogP contribution in [0.1, 0.15) is 27.2 Å². The third-order valence-corrected chi connectivity index (χ3v) is 2.07. The quantitative estimate of drug-likeness (QED) is 0.275. The monoisotopic (exact) mass is 248 g/mol. The summed E-state index contributed by atoms with van der Waals surface area (Å²) in [6.07, 6.45) is 8.25. The van der Waals surface area contributed by atoms with E-state index >= 15 is 0 Å². The van der Waals surface area contributed by atoms with E-state index in [1.165, 1.54) is 0 Å². The van der Waals surface area contributed by atoms with E-state index in [9.17, 15) is 0 Å². The second-order valence-electron chi connectivity index (χ2n) is 5.00. The van der Waals surface area contributed by atoms with E-state index in [4.69, 9.17) is 5.26 Å². The first kappa shape index (κ1) is 14.0. The number of nitrogens with one attached hydrogen (secondary N) is 2. The molecule has 0 aromatic carbocycles. The summed E-state index contributed by atoms with van der Waals surface area (Å²) in [5.41, 5.74) is -0.118. The van der Waals surface area contributed by atoms with Gasteiger partial charge < -0.3 is 9.88 Å². The summed E-state index contributed by atoms with van der Waals surface area (Å²) in [6, 6.07) is 0. The maximum absolute atomic E-state index is 8.65. The van der Waals surface area contributed by atoms with Crippen LogP contribution in [0.5, 0.6) is 0 Å². The van der Waals surface area contributed by atoms with Gasteiger partial charge >= 0.3 is 0 Å². The van der Waals surface area contributed by atoms with Gasteiger partial charge in [-0.3, -0.25) is 10.3 Å². The predicted octanol–water partition coefficient (Wildman–Crippen LogP) is 1.09. The van der Waals surface area contributed by atoms with Crippen LogP contribution in [0.15, 0.2) is 23.7 Å². The number of hydrogen-bond donors (Lipinski definition) is 2. The second kappa shape index (κ2) is 6.64. The summed E-state index contributed by atoms with van der Waals surface area (Å²) in [5.74, 6) is 0.524. The smallest absolute Gasteiger partial charge is 0.205 e. The molecule has 1 aromatic rings. The van der Waals surface area contributed by atoms with Crippen LogP contribution in [-0.4, -0.2) is 27.6 Å². The molecule has 0 aliphatic carbocycles. The van der Waals surface area contributed by atoms with Gasteiger partial charge in [0.25, 0.3) is 0 Å². The molecule has 1 rings (SSSR count). The Labute approximate surface area is 108 Å². The van der Waals surface area contributed by atoms with Crippen LogP contribution in [0.25, 0.3) is 0 Å². The molecule has 6 heteroatoms. The van der Waals surface area contributed by atoms with Crippen molar-refractivity contribution in [2.75, 3.05) is 6.54 Å². The molecular weight excluding hydrogens is 228 g/mol. The SMILES string of the molecule is CC(C)(C)NC(=NCCCn1ccnc1)NC#N. The Bertz CT molecular complexity index is 407. The average molecular weight is 248 g/mol. The maximum atomic E-state index is 8.65. The molecule has 0 bridgehead atoms. The molecule has 6 nitrogen and oxygen atoms in total.